The lowest BCUT2D eigenvalue weighted by Gasteiger charge is -1.82. The molecule has 0 saturated carbocycles. The molecular formula is C6H8Cl2. The highest BCUT2D eigenvalue weighted by Gasteiger charge is 1.84. The van der Waals surface area contributed by atoms with Crippen LogP contribution in [-0.2, 0) is 0 Å². The van der Waals surface area contributed by atoms with Crippen molar-refractivity contribution in [3.8, 4) is 0 Å². The molecule has 0 aromatic heterocycles. The van der Waals surface area contributed by atoms with Crippen molar-refractivity contribution in [2.75, 3.05) is 0 Å². The number of alkyl halides is 2. The Morgan fingerprint density at radius 3 is 2.25 bits per heavy atom. The first-order valence-electron chi connectivity index (χ1n) is 2.35. The molecule has 0 aromatic rings. The molecule has 0 N–H and O–H groups in total. The first-order valence-corrected chi connectivity index (χ1v) is 3.22. The van der Waals surface area contributed by atoms with Crippen molar-refractivity contribution in [1.82, 2.24) is 0 Å². The van der Waals surface area contributed by atoms with Gasteiger partial charge in [0.15, 0.2) is 0 Å². The number of rotatable bonds is 2. The van der Waals surface area contributed by atoms with Gasteiger partial charge in [0.1, 0.15) is 4.84 Å². The molecule has 0 heterocycles. The summed E-state index contributed by atoms with van der Waals surface area (Å²) in [5.41, 5.74) is 0. The van der Waals surface area contributed by atoms with Gasteiger partial charge in [0, 0.05) is 0 Å². The van der Waals surface area contributed by atoms with E-state index in [1.54, 1.807) is 6.08 Å². The third kappa shape index (κ3) is 6.06. The van der Waals surface area contributed by atoms with Gasteiger partial charge in [0.25, 0.3) is 0 Å². The Bertz CT molecular complexity index is 92.7. The molecule has 0 unspecified atom stereocenters. The van der Waals surface area contributed by atoms with Gasteiger partial charge < -0.3 is 0 Å². The van der Waals surface area contributed by atoms with Gasteiger partial charge in [-0.05, 0) is 6.92 Å². The van der Waals surface area contributed by atoms with E-state index in [0.717, 1.165) is 0 Å². The summed E-state index contributed by atoms with van der Waals surface area (Å²) in [6.07, 6.45) is 7.29. The van der Waals surface area contributed by atoms with Crippen molar-refractivity contribution in [2.24, 2.45) is 0 Å². The van der Waals surface area contributed by atoms with E-state index in [4.69, 9.17) is 23.2 Å². The molecule has 0 saturated heterocycles. The van der Waals surface area contributed by atoms with Gasteiger partial charge in [-0.1, -0.05) is 24.3 Å². The van der Waals surface area contributed by atoms with Crippen LogP contribution in [0.25, 0.3) is 0 Å². The summed E-state index contributed by atoms with van der Waals surface area (Å²) in [4.78, 5) is -0.383. The van der Waals surface area contributed by atoms with Crippen LogP contribution in [0.4, 0.5) is 0 Å². The Morgan fingerprint density at radius 1 is 1.25 bits per heavy atom. The van der Waals surface area contributed by atoms with Gasteiger partial charge in [-0.15, -0.1) is 23.2 Å². The predicted molar refractivity (Wildman–Crippen MR) is 39.4 cm³/mol. The van der Waals surface area contributed by atoms with E-state index in [-0.39, 0.29) is 4.84 Å². The maximum atomic E-state index is 5.36. The lowest BCUT2D eigenvalue weighted by Crippen LogP contribution is -1.72. The zero-order chi connectivity index (χ0) is 6.41. The minimum atomic E-state index is -0.383. The van der Waals surface area contributed by atoms with E-state index in [2.05, 4.69) is 0 Å². The highest BCUT2D eigenvalue weighted by molar-refractivity contribution is 6.45. The molecule has 0 spiro atoms. The van der Waals surface area contributed by atoms with E-state index in [0.29, 0.717) is 0 Å². The van der Waals surface area contributed by atoms with Gasteiger partial charge in [-0.3, -0.25) is 0 Å². The second-order valence-electron chi connectivity index (χ2n) is 1.25. The van der Waals surface area contributed by atoms with E-state index in [9.17, 15) is 0 Å². The Labute approximate surface area is 59.8 Å². The fourth-order valence-corrected chi connectivity index (χ4v) is 0.427. The summed E-state index contributed by atoms with van der Waals surface area (Å²) in [7, 11) is 0. The fourth-order valence-electron chi connectivity index (χ4n) is 0.259. The van der Waals surface area contributed by atoms with Crippen molar-refractivity contribution in [3.63, 3.8) is 0 Å². The lowest BCUT2D eigenvalue weighted by atomic mass is 10.5. The van der Waals surface area contributed by atoms with Gasteiger partial charge in [-0.2, -0.15) is 0 Å². The van der Waals surface area contributed by atoms with Crippen LogP contribution >= 0.6 is 23.2 Å². The largest absolute Gasteiger partial charge is 0.126 e. The molecular weight excluding hydrogens is 143 g/mol. The highest BCUT2D eigenvalue weighted by Crippen LogP contribution is 2.01. The maximum Gasteiger partial charge on any atom is 0.126 e. The molecule has 46 valence electrons. The molecule has 0 aromatic carbocycles. The summed E-state index contributed by atoms with van der Waals surface area (Å²) < 4.78 is 0. The monoisotopic (exact) mass is 150 g/mol. The van der Waals surface area contributed by atoms with Crippen molar-refractivity contribution in [1.29, 1.82) is 0 Å². The van der Waals surface area contributed by atoms with Gasteiger partial charge in [-0.25, -0.2) is 0 Å². The highest BCUT2D eigenvalue weighted by atomic mass is 35.5. The van der Waals surface area contributed by atoms with Gasteiger partial charge in [0.2, 0.25) is 0 Å². The molecule has 0 aliphatic carbocycles. The van der Waals surface area contributed by atoms with E-state index in [1.807, 2.05) is 25.2 Å². The Morgan fingerprint density at radius 2 is 1.88 bits per heavy atom. The zero-order valence-electron chi connectivity index (χ0n) is 4.64. The van der Waals surface area contributed by atoms with Crippen LogP contribution in [0.2, 0.25) is 0 Å². The Hall–Kier alpha value is 0.0600. The van der Waals surface area contributed by atoms with Crippen molar-refractivity contribution in [2.45, 2.75) is 11.8 Å². The molecule has 0 atom stereocenters. The molecule has 8 heavy (non-hydrogen) atoms. The quantitative estimate of drug-likeness (QED) is 0.420. The van der Waals surface area contributed by atoms with Crippen molar-refractivity contribution in [3.05, 3.63) is 24.3 Å². The first-order chi connectivity index (χ1) is 3.77. The van der Waals surface area contributed by atoms with Gasteiger partial charge >= 0.3 is 0 Å². The molecule has 0 nitrogen and oxygen atoms in total. The predicted octanol–water partition coefficient (Wildman–Crippen LogP) is 2.92. The molecule has 0 amide bonds. The Kier molecular flexibility index (Phi) is 5.24. The number of hydrogen-bond donors (Lipinski definition) is 0. The van der Waals surface area contributed by atoms with E-state index >= 15 is 0 Å². The molecule has 0 fully saturated rings. The molecule has 0 aliphatic rings. The zero-order valence-corrected chi connectivity index (χ0v) is 6.15. The maximum absolute atomic E-state index is 5.36. The van der Waals surface area contributed by atoms with Crippen LogP contribution in [0.5, 0.6) is 0 Å². The van der Waals surface area contributed by atoms with Crippen LogP contribution < -0.4 is 0 Å². The molecule has 0 radical (unpaired) electrons. The second-order valence-corrected chi connectivity index (χ2v) is 2.41. The summed E-state index contributed by atoms with van der Waals surface area (Å²) in [5.74, 6) is 0. The topological polar surface area (TPSA) is 0 Å². The fraction of sp³-hybridized carbons (Fsp3) is 0.333. The minimum absolute atomic E-state index is 0.383. The number of allylic oxidation sites excluding steroid dienone is 4. The van der Waals surface area contributed by atoms with Crippen LogP contribution in [0.1, 0.15) is 6.92 Å². The number of halogens is 2. The van der Waals surface area contributed by atoms with E-state index in [1.165, 1.54) is 0 Å². The van der Waals surface area contributed by atoms with Crippen LogP contribution in [0.3, 0.4) is 0 Å². The first kappa shape index (κ1) is 8.06. The van der Waals surface area contributed by atoms with Crippen LogP contribution in [-0.4, -0.2) is 4.84 Å². The summed E-state index contributed by atoms with van der Waals surface area (Å²) in [6, 6.07) is 0. The standard InChI is InChI=1S/C6H8Cl2/c1-2-3-4-5-6(7)8/h2-6H,1H3. The Balaban J connectivity index is 3.34. The number of hydrogen-bond acceptors (Lipinski definition) is 0. The second kappa shape index (κ2) is 5.20. The summed E-state index contributed by atoms with van der Waals surface area (Å²) >= 11 is 10.7. The summed E-state index contributed by atoms with van der Waals surface area (Å²) in [6.45, 7) is 1.93. The molecule has 2 heteroatoms. The minimum Gasteiger partial charge on any atom is -0.101 e. The summed E-state index contributed by atoms with van der Waals surface area (Å²) in [5, 5.41) is 0. The molecule has 0 rings (SSSR count). The van der Waals surface area contributed by atoms with Crippen molar-refractivity contribution < 1.29 is 0 Å². The van der Waals surface area contributed by atoms with Gasteiger partial charge in [0.05, 0.1) is 0 Å². The van der Waals surface area contributed by atoms with E-state index < -0.39 is 0 Å². The molecule has 0 bridgehead atoms. The lowest BCUT2D eigenvalue weighted by molar-refractivity contribution is 1.59. The molecule has 0 aliphatic heterocycles. The third-order valence-corrected chi connectivity index (χ3v) is 0.851. The SMILES string of the molecule is CC=CC=CC(Cl)Cl. The van der Waals surface area contributed by atoms with Crippen LogP contribution in [0.15, 0.2) is 24.3 Å². The average Bonchev–Trinajstić information content (AvgIpc) is 1.66. The van der Waals surface area contributed by atoms with Crippen molar-refractivity contribution >= 4 is 23.2 Å². The third-order valence-electron chi connectivity index (χ3n) is 0.560. The average molecular weight is 151 g/mol. The smallest absolute Gasteiger partial charge is 0.101 e. The van der Waals surface area contributed by atoms with Crippen LogP contribution in [0, 0.1) is 0 Å². The normalized spacial score (nSPS) is 12.5.